The van der Waals surface area contributed by atoms with Gasteiger partial charge in [0.05, 0.1) is 22.4 Å². The van der Waals surface area contributed by atoms with Gasteiger partial charge in [-0.1, -0.05) is 44.0 Å². The second-order valence-electron chi connectivity index (χ2n) is 7.87. The zero-order valence-electron chi connectivity index (χ0n) is 15.1. The molecule has 2 aromatic carbocycles. The van der Waals surface area contributed by atoms with Crippen LogP contribution in [-0.4, -0.2) is 26.4 Å². The van der Waals surface area contributed by atoms with E-state index in [2.05, 4.69) is 31.9 Å². The first-order valence-corrected chi connectivity index (χ1v) is 11.2. The maximum Gasteiger partial charge on any atom is 0.269 e. The van der Waals surface area contributed by atoms with Crippen LogP contribution in [0.5, 0.6) is 0 Å². The van der Waals surface area contributed by atoms with E-state index in [1.54, 1.807) is 24.3 Å². The molecule has 0 N–H and O–H groups in total. The van der Waals surface area contributed by atoms with Crippen molar-refractivity contribution in [2.75, 3.05) is 4.90 Å². The highest BCUT2D eigenvalue weighted by Crippen LogP contribution is 2.60. The molecule has 6 atom stereocenters. The third-order valence-electron chi connectivity index (χ3n) is 6.52. The van der Waals surface area contributed by atoms with Crippen molar-refractivity contribution < 1.29 is 14.5 Å². The summed E-state index contributed by atoms with van der Waals surface area (Å²) in [6.45, 7) is 0. The lowest BCUT2D eigenvalue weighted by molar-refractivity contribution is -0.384. The van der Waals surface area contributed by atoms with Crippen LogP contribution in [-0.2, 0) is 9.59 Å². The number of halogens is 2. The van der Waals surface area contributed by atoms with Crippen molar-refractivity contribution in [3.63, 3.8) is 0 Å². The maximum absolute atomic E-state index is 13.1. The fraction of sp³-hybridized carbons (Fsp3) is 0.333. The number of carbonyl (C=O) groups is 2. The third kappa shape index (κ3) is 2.72. The largest absolute Gasteiger partial charge is 0.274 e. The number of fused-ring (bicyclic) bond motifs is 5. The number of carbonyl (C=O) groups excluding carboxylic acids is 2. The highest BCUT2D eigenvalue weighted by Gasteiger charge is 2.66. The molecular weight excluding hydrogens is 504 g/mol. The number of benzene rings is 2. The molecule has 3 fully saturated rings. The molecule has 0 aromatic heterocycles. The number of imide groups is 1. The van der Waals surface area contributed by atoms with Crippen molar-refractivity contribution in [1.29, 1.82) is 0 Å². The van der Waals surface area contributed by atoms with Crippen LogP contribution < -0.4 is 4.90 Å². The quantitative estimate of drug-likeness (QED) is 0.258. The number of amides is 2. The van der Waals surface area contributed by atoms with Gasteiger partial charge in [-0.3, -0.25) is 24.6 Å². The van der Waals surface area contributed by atoms with Gasteiger partial charge in [-0.15, -0.1) is 0 Å². The van der Waals surface area contributed by atoms with Gasteiger partial charge in [0.25, 0.3) is 5.69 Å². The van der Waals surface area contributed by atoms with Gasteiger partial charge >= 0.3 is 0 Å². The average Bonchev–Trinajstić information content (AvgIpc) is 3.33. The molecule has 3 aliphatic rings. The number of non-ortho nitro benzene ring substituents is 1. The van der Waals surface area contributed by atoms with E-state index in [9.17, 15) is 19.7 Å². The Morgan fingerprint density at radius 1 is 0.828 bits per heavy atom. The summed E-state index contributed by atoms with van der Waals surface area (Å²) in [4.78, 5) is 38.4. The minimum Gasteiger partial charge on any atom is -0.274 e. The number of hydrogen-bond acceptors (Lipinski definition) is 4. The first kappa shape index (κ1) is 18.9. The Balaban J connectivity index is 1.41. The van der Waals surface area contributed by atoms with Crippen LogP contribution in [0.15, 0.2) is 48.5 Å². The molecule has 148 valence electrons. The molecule has 1 aliphatic heterocycles. The van der Waals surface area contributed by atoms with E-state index >= 15 is 0 Å². The topological polar surface area (TPSA) is 80.5 Å². The molecule has 5 rings (SSSR count). The molecule has 2 aromatic rings. The molecule has 2 bridgehead atoms. The minimum atomic E-state index is -0.434. The summed E-state index contributed by atoms with van der Waals surface area (Å²) >= 11 is 7.40. The Labute approximate surface area is 183 Å². The molecule has 2 amide bonds. The van der Waals surface area contributed by atoms with Crippen molar-refractivity contribution in [1.82, 2.24) is 0 Å². The van der Waals surface area contributed by atoms with Crippen LogP contribution in [0.3, 0.4) is 0 Å². The van der Waals surface area contributed by atoms with Gasteiger partial charge in [-0.25, -0.2) is 0 Å². The van der Waals surface area contributed by atoms with Crippen molar-refractivity contribution in [2.45, 2.75) is 16.1 Å². The molecule has 2 aliphatic carbocycles. The number of rotatable bonds is 3. The normalized spacial score (nSPS) is 32.7. The van der Waals surface area contributed by atoms with Crippen LogP contribution in [0.25, 0.3) is 11.1 Å². The monoisotopic (exact) mass is 518 g/mol. The molecule has 6 nitrogen and oxygen atoms in total. The molecule has 1 heterocycles. The molecule has 0 spiro atoms. The van der Waals surface area contributed by atoms with E-state index in [-0.39, 0.29) is 50.8 Å². The number of alkyl halides is 2. The Hall–Kier alpha value is -2.06. The van der Waals surface area contributed by atoms with E-state index < -0.39 is 4.92 Å². The number of nitro groups is 1. The van der Waals surface area contributed by atoms with E-state index in [1.807, 2.05) is 12.1 Å². The zero-order chi connectivity index (χ0) is 20.4. The third-order valence-corrected chi connectivity index (χ3v) is 9.73. The highest BCUT2D eigenvalue weighted by molar-refractivity contribution is 9.12. The van der Waals surface area contributed by atoms with Crippen molar-refractivity contribution in [2.24, 2.45) is 23.7 Å². The van der Waals surface area contributed by atoms with Crippen LogP contribution in [0, 0.1) is 33.8 Å². The Bertz CT molecular complexity index is 992. The SMILES string of the molecule is O=C1[C@@H]2[C@H]3C[C@@H]([C@H](Br)[C@H]3Br)[C@@H]2C(=O)N1c1ccc(-c2ccc([N+](=O)[O-])cc2)cc1. The summed E-state index contributed by atoms with van der Waals surface area (Å²) in [7, 11) is 0. The first-order chi connectivity index (χ1) is 13.9. The van der Waals surface area contributed by atoms with Crippen LogP contribution in [0.2, 0.25) is 0 Å². The molecule has 0 radical (unpaired) electrons. The number of hydrogen-bond donors (Lipinski definition) is 0. The number of nitrogens with zero attached hydrogens (tertiary/aromatic N) is 2. The fourth-order valence-electron chi connectivity index (χ4n) is 5.18. The second-order valence-corrected chi connectivity index (χ2v) is 9.98. The summed E-state index contributed by atoms with van der Waals surface area (Å²) in [6, 6.07) is 13.5. The lowest BCUT2D eigenvalue weighted by Gasteiger charge is -2.28. The second kappa shape index (κ2) is 6.74. The number of nitro benzene ring substituents is 1. The predicted molar refractivity (Wildman–Crippen MR) is 115 cm³/mol. The number of anilines is 1. The van der Waals surface area contributed by atoms with Gasteiger partial charge in [-0.05, 0) is 53.6 Å². The van der Waals surface area contributed by atoms with Crippen LogP contribution in [0.1, 0.15) is 6.42 Å². The molecule has 8 heteroatoms. The minimum absolute atomic E-state index is 0.0370. The van der Waals surface area contributed by atoms with Crippen LogP contribution >= 0.6 is 31.9 Å². The molecule has 0 unspecified atom stereocenters. The van der Waals surface area contributed by atoms with Crippen molar-refractivity contribution in [3.8, 4) is 11.1 Å². The van der Waals surface area contributed by atoms with E-state index in [4.69, 9.17) is 0 Å². The Morgan fingerprint density at radius 2 is 1.28 bits per heavy atom. The lowest BCUT2D eigenvalue weighted by Crippen LogP contribution is -2.37. The van der Waals surface area contributed by atoms with E-state index in [0.717, 1.165) is 17.5 Å². The Morgan fingerprint density at radius 3 is 1.72 bits per heavy atom. The molecule has 29 heavy (non-hydrogen) atoms. The predicted octanol–water partition coefficient (Wildman–Crippen LogP) is 4.54. The lowest BCUT2D eigenvalue weighted by atomic mass is 9.81. The van der Waals surface area contributed by atoms with Crippen molar-refractivity contribution in [3.05, 3.63) is 58.6 Å². The first-order valence-electron chi connectivity index (χ1n) is 9.39. The van der Waals surface area contributed by atoms with E-state index in [1.165, 1.54) is 17.0 Å². The van der Waals surface area contributed by atoms with Crippen molar-refractivity contribution >= 4 is 55.0 Å². The standard InChI is InChI=1S/C21H16Br2N2O4/c22-18-14-9-15(19(18)23)17-16(14)20(26)24(21(17)27)12-5-1-10(2-6-12)11-3-7-13(8-4-11)25(28)29/h1-8,14-19H,9H2/t14-,15-,16-,17+,18+,19+/m1/s1. The summed E-state index contributed by atoms with van der Waals surface area (Å²) in [6.07, 6.45) is 0.908. The van der Waals surface area contributed by atoms with Gasteiger partial charge in [0.15, 0.2) is 0 Å². The van der Waals surface area contributed by atoms with E-state index in [0.29, 0.717) is 5.69 Å². The van der Waals surface area contributed by atoms with Crippen LogP contribution in [0.4, 0.5) is 11.4 Å². The molecule has 2 saturated carbocycles. The molecular formula is C21H16Br2N2O4. The Kier molecular flexibility index (Phi) is 4.40. The smallest absolute Gasteiger partial charge is 0.269 e. The summed E-state index contributed by atoms with van der Waals surface area (Å²) in [5.41, 5.74) is 2.32. The summed E-state index contributed by atoms with van der Waals surface area (Å²) < 4.78 is 0. The average molecular weight is 520 g/mol. The van der Waals surface area contributed by atoms with Gasteiger partial charge in [0.2, 0.25) is 11.8 Å². The van der Waals surface area contributed by atoms with Gasteiger partial charge in [0, 0.05) is 21.8 Å². The van der Waals surface area contributed by atoms with Gasteiger partial charge in [0.1, 0.15) is 0 Å². The van der Waals surface area contributed by atoms with Gasteiger partial charge < -0.3 is 0 Å². The molecule has 1 saturated heterocycles. The summed E-state index contributed by atoms with van der Waals surface area (Å²) in [5.74, 6) is -0.288. The summed E-state index contributed by atoms with van der Waals surface area (Å²) in [5, 5.41) is 10.8. The zero-order valence-corrected chi connectivity index (χ0v) is 18.2. The maximum atomic E-state index is 13.1. The van der Waals surface area contributed by atoms with Gasteiger partial charge in [-0.2, -0.15) is 0 Å². The highest BCUT2D eigenvalue weighted by atomic mass is 79.9. The fourth-order valence-corrected chi connectivity index (χ4v) is 7.06.